The standard InChI is InChI=1S/C13H11ClFNO/c14-10-3-6-13(12(15)7-10)16-8-9-1-4-11(17)5-2-9/h1-7,16-17H,8H2. The average molecular weight is 252 g/mol. The van der Waals surface area contributed by atoms with Crippen molar-refractivity contribution in [2.75, 3.05) is 5.32 Å². The Morgan fingerprint density at radius 3 is 2.47 bits per heavy atom. The van der Waals surface area contributed by atoms with Gasteiger partial charge in [0.1, 0.15) is 11.6 Å². The molecule has 88 valence electrons. The van der Waals surface area contributed by atoms with E-state index in [0.29, 0.717) is 17.3 Å². The van der Waals surface area contributed by atoms with Crippen molar-refractivity contribution in [3.05, 3.63) is 58.9 Å². The highest BCUT2D eigenvalue weighted by Crippen LogP contribution is 2.19. The van der Waals surface area contributed by atoms with E-state index in [0.717, 1.165) is 5.56 Å². The molecule has 0 saturated heterocycles. The first-order valence-electron chi connectivity index (χ1n) is 5.12. The lowest BCUT2D eigenvalue weighted by Gasteiger charge is -2.07. The monoisotopic (exact) mass is 251 g/mol. The predicted octanol–water partition coefficient (Wildman–Crippen LogP) is 3.80. The van der Waals surface area contributed by atoms with Crippen LogP contribution >= 0.6 is 11.6 Å². The van der Waals surface area contributed by atoms with Crippen molar-refractivity contribution < 1.29 is 9.50 Å². The maximum absolute atomic E-state index is 13.4. The zero-order valence-corrected chi connectivity index (χ0v) is 9.71. The second kappa shape index (κ2) is 5.06. The summed E-state index contributed by atoms with van der Waals surface area (Å²) in [6.07, 6.45) is 0. The normalized spacial score (nSPS) is 10.2. The van der Waals surface area contributed by atoms with E-state index in [2.05, 4.69) is 5.32 Å². The Kier molecular flexibility index (Phi) is 3.49. The molecule has 0 amide bonds. The molecule has 2 aromatic carbocycles. The van der Waals surface area contributed by atoms with Gasteiger partial charge in [0.2, 0.25) is 0 Å². The molecule has 0 atom stereocenters. The fraction of sp³-hybridized carbons (Fsp3) is 0.0769. The molecule has 0 heterocycles. The Morgan fingerprint density at radius 1 is 1.12 bits per heavy atom. The summed E-state index contributed by atoms with van der Waals surface area (Å²) in [6.45, 7) is 0.485. The van der Waals surface area contributed by atoms with Crippen LogP contribution in [0.5, 0.6) is 5.75 Å². The summed E-state index contributed by atoms with van der Waals surface area (Å²) in [5.74, 6) is -0.164. The van der Waals surface area contributed by atoms with Crippen LogP contribution in [0.3, 0.4) is 0 Å². The van der Waals surface area contributed by atoms with Gasteiger partial charge in [0.25, 0.3) is 0 Å². The third-order valence-electron chi connectivity index (χ3n) is 2.35. The summed E-state index contributed by atoms with van der Waals surface area (Å²) >= 11 is 5.66. The van der Waals surface area contributed by atoms with Gasteiger partial charge in [0.05, 0.1) is 5.69 Å². The minimum atomic E-state index is -0.378. The fourth-order valence-electron chi connectivity index (χ4n) is 1.44. The Balaban J connectivity index is 2.04. The molecular weight excluding hydrogens is 241 g/mol. The number of rotatable bonds is 3. The van der Waals surface area contributed by atoms with Gasteiger partial charge in [-0.05, 0) is 35.9 Å². The van der Waals surface area contributed by atoms with Crippen molar-refractivity contribution in [1.82, 2.24) is 0 Å². The second-order valence-electron chi connectivity index (χ2n) is 3.64. The molecule has 0 aliphatic carbocycles. The number of halogens is 2. The predicted molar refractivity (Wildman–Crippen MR) is 66.8 cm³/mol. The van der Waals surface area contributed by atoms with Crippen LogP contribution in [0, 0.1) is 5.82 Å². The van der Waals surface area contributed by atoms with Gasteiger partial charge in [-0.15, -0.1) is 0 Å². The van der Waals surface area contributed by atoms with E-state index in [1.165, 1.54) is 6.07 Å². The van der Waals surface area contributed by atoms with Crippen LogP contribution in [0.4, 0.5) is 10.1 Å². The van der Waals surface area contributed by atoms with Crippen molar-refractivity contribution in [1.29, 1.82) is 0 Å². The van der Waals surface area contributed by atoms with Crippen molar-refractivity contribution in [3.63, 3.8) is 0 Å². The van der Waals surface area contributed by atoms with Gasteiger partial charge in [-0.2, -0.15) is 0 Å². The Hall–Kier alpha value is -1.74. The van der Waals surface area contributed by atoms with Crippen LogP contribution in [-0.2, 0) is 6.54 Å². The lowest BCUT2D eigenvalue weighted by molar-refractivity contribution is 0.475. The number of anilines is 1. The molecule has 0 radical (unpaired) electrons. The third kappa shape index (κ3) is 3.11. The fourth-order valence-corrected chi connectivity index (χ4v) is 1.60. The van der Waals surface area contributed by atoms with E-state index in [9.17, 15) is 4.39 Å². The van der Waals surface area contributed by atoms with Gasteiger partial charge in [-0.3, -0.25) is 0 Å². The summed E-state index contributed by atoms with van der Waals surface area (Å²) in [7, 11) is 0. The largest absolute Gasteiger partial charge is 0.508 e. The number of phenols is 1. The summed E-state index contributed by atoms with van der Waals surface area (Å²) < 4.78 is 13.4. The molecule has 0 aromatic heterocycles. The first kappa shape index (κ1) is 11.7. The number of aromatic hydroxyl groups is 1. The van der Waals surface area contributed by atoms with Crippen LogP contribution in [0.25, 0.3) is 0 Å². The first-order chi connectivity index (χ1) is 8.15. The number of phenolic OH excluding ortho intramolecular Hbond substituents is 1. The molecule has 2 nitrogen and oxygen atoms in total. The quantitative estimate of drug-likeness (QED) is 0.870. The average Bonchev–Trinajstić information content (AvgIpc) is 2.30. The van der Waals surface area contributed by atoms with Crippen LogP contribution in [0.2, 0.25) is 5.02 Å². The SMILES string of the molecule is Oc1ccc(CNc2ccc(Cl)cc2F)cc1. The zero-order valence-electron chi connectivity index (χ0n) is 8.95. The maximum atomic E-state index is 13.4. The van der Waals surface area contributed by atoms with E-state index in [1.54, 1.807) is 36.4 Å². The molecule has 2 N–H and O–H groups in total. The van der Waals surface area contributed by atoms with Crippen molar-refractivity contribution in [3.8, 4) is 5.75 Å². The Labute approximate surface area is 104 Å². The van der Waals surface area contributed by atoms with Crippen molar-refractivity contribution >= 4 is 17.3 Å². The van der Waals surface area contributed by atoms with Crippen molar-refractivity contribution in [2.45, 2.75) is 6.54 Å². The van der Waals surface area contributed by atoms with Crippen molar-refractivity contribution in [2.24, 2.45) is 0 Å². The van der Waals surface area contributed by atoms with E-state index in [-0.39, 0.29) is 11.6 Å². The molecule has 0 fully saturated rings. The molecule has 0 bridgehead atoms. The minimum Gasteiger partial charge on any atom is -0.508 e. The van der Waals surface area contributed by atoms with E-state index in [1.807, 2.05) is 0 Å². The molecule has 2 rings (SSSR count). The molecule has 17 heavy (non-hydrogen) atoms. The molecule has 4 heteroatoms. The van der Waals surface area contributed by atoms with Gasteiger partial charge in [0.15, 0.2) is 0 Å². The highest BCUT2D eigenvalue weighted by molar-refractivity contribution is 6.30. The van der Waals surface area contributed by atoms with Crippen LogP contribution in [-0.4, -0.2) is 5.11 Å². The minimum absolute atomic E-state index is 0.214. The summed E-state index contributed by atoms with van der Waals surface area (Å²) in [6, 6.07) is 11.2. The van der Waals surface area contributed by atoms with Gasteiger partial charge < -0.3 is 10.4 Å². The summed E-state index contributed by atoms with van der Waals surface area (Å²) in [4.78, 5) is 0. The molecule has 0 saturated carbocycles. The lowest BCUT2D eigenvalue weighted by Crippen LogP contribution is -2.01. The van der Waals surface area contributed by atoms with Crippen LogP contribution in [0.15, 0.2) is 42.5 Å². The van der Waals surface area contributed by atoms with Gasteiger partial charge in [-0.1, -0.05) is 23.7 Å². The maximum Gasteiger partial charge on any atom is 0.147 e. The molecular formula is C13H11ClFNO. The van der Waals surface area contributed by atoms with E-state index >= 15 is 0 Å². The second-order valence-corrected chi connectivity index (χ2v) is 4.08. The van der Waals surface area contributed by atoms with Crippen LogP contribution in [0.1, 0.15) is 5.56 Å². The molecule has 0 aliphatic heterocycles. The number of nitrogens with one attached hydrogen (secondary N) is 1. The van der Waals surface area contributed by atoms with Gasteiger partial charge in [0, 0.05) is 11.6 Å². The van der Waals surface area contributed by atoms with Crippen LogP contribution < -0.4 is 5.32 Å². The zero-order chi connectivity index (χ0) is 12.3. The summed E-state index contributed by atoms with van der Waals surface area (Å²) in [5, 5.41) is 12.5. The Morgan fingerprint density at radius 2 is 1.82 bits per heavy atom. The van der Waals surface area contributed by atoms with E-state index < -0.39 is 0 Å². The summed E-state index contributed by atoms with van der Waals surface area (Å²) in [5.41, 5.74) is 1.36. The topological polar surface area (TPSA) is 32.3 Å². The highest BCUT2D eigenvalue weighted by atomic mass is 35.5. The smallest absolute Gasteiger partial charge is 0.147 e. The van der Waals surface area contributed by atoms with Gasteiger partial charge in [-0.25, -0.2) is 4.39 Å². The third-order valence-corrected chi connectivity index (χ3v) is 2.59. The number of hydrogen-bond donors (Lipinski definition) is 2. The molecule has 2 aromatic rings. The first-order valence-corrected chi connectivity index (χ1v) is 5.50. The Bertz CT molecular complexity index is 513. The van der Waals surface area contributed by atoms with E-state index in [4.69, 9.17) is 16.7 Å². The van der Waals surface area contributed by atoms with Gasteiger partial charge >= 0.3 is 0 Å². The molecule has 0 unspecified atom stereocenters. The lowest BCUT2D eigenvalue weighted by atomic mass is 10.2. The number of hydrogen-bond acceptors (Lipinski definition) is 2. The molecule has 0 aliphatic rings. The number of benzene rings is 2. The highest BCUT2D eigenvalue weighted by Gasteiger charge is 2.02. The molecule has 0 spiro atoms.